The zero-order valence-corrected chi connectivity index (χ0v) is 23.5. The number of anilines is 1. The van der Waals surface area contributed by atoms with Crippen molar-refractivity contribution >= 4 is 57.3 Å². The summed E-state index contributed by atoms with van der Waals surface area (Å²) < 4.78 is 12.2. The fraction of sp³-hybridized carbons (Fsp3) is 0.458. The Balaban J connectivity index is 1.76. The van der Waals surface area contributed by atoms with E-state index in [1.54, 1.807) is 32.1 Å². The maximum atomic E-state index is 12.8. The molecule has 0 atom stereocenters. The molecule has 1 amide bonds. The molecule has 0 aliphatic carbocycles. The van der Waals surface area contributed by atoms with E-state index < -0.39 is 11.9 Å². The number of carbonyl (C=O) groups excluding carboxylic acids is 3. The van der Waals surface area contributed by atoms with Gasteiger partial charge in [0.1, 0.15) is 9.88 Å². The fourth-order valence-corrected chi connectivity index (χ4v) is 6.38. The van der Waals surface area contributed by atoms with Gasteiger partial charge >= 0.3 is 11.9 Å². The Kier molecular flexibility index (Phi) is 10.1. The number of aryl methyl sites for hydroxylation is 1. The second-order valence-electron chi connectivity index (χ2n) is 7.64. The number of thioether (sulfide) groups is 1. The van der Waals surface area contributed by atoms with Gasteiger partial charge in [0.2, 0.25) is 5.91 Å². The highest BCUT2D eigenvalue weighted by molar-refractivity contribution is 7.99. The highest BCUT2D eigenvalue weighted by Gasteiger charge is 2.27. The van der Waals surface area contributed by atoms with Crippen LogP contribution in [0.4, 0.5) is 5.00 Å². The molecule has 0 radical (unpaired) electrons. The smallest absolute Gasteiger partial charge is 0.348 e. The molecule has 3 aromatic rings. The van der Waals surface area contributed by atoms with Crippen molar-refractivity contribution < 1.29 is 23.9 Å². The van der Waals surface area contributed by atoms with Crippen molar-refractivity contribution in [2.75, 3.05) is 24.3 Å². The van der Waals surface area contributed by atoms with Crippen LogP contribution in [-0.4, -0.2) is 51.6 Å². The largest absolute Gasteiger partial charge is 0.462 e. The molecule has 194 valence electrons. The van der Waals surface area contributed by atoms with E-state index in [0.29, 0.717) is 17.3 Å². The molecule has 9 nitrogen and oxygen atoms in total. The second kappa shape index (κ2) is 13.0. The van der Waals surface area contributed by atoms with Crippen molar-refractivity contribution in [3.63, 3.8) is 0 Å². The van der Waals surface area contributed by atoms with Crippen molar-refractivity contribution in [1.82, 2.24) is 14.8 Å². The zero-order valence-electron chi connectivity index (χ0n) is 21.0. The summed E-state index contributed by atoms with van der Waals surface area (Å²) >= 11 is 3.97. The molecule has 3 rings (SSSR count). The summed E-state index contributed by atoms with van der Waals surface area (Å²) in [4.78, 5) is 39.3. The van der Waals surface area contributed by atoms with Crippen LogP contribution in [0.3, 0.4) is 0 Å². The SMILES string of the molecule is CCCc1cc(-c2nnc(SCC(=O)Nc3sc(C(=O)OCC)c(C)c3C(=O)OCC)n2CC)cs1. The molecule has 0 aromatic carbocycles. The first-order valence-corrected chi connectivity index (χ1v) is 14.4. The number of aromatic nitrogens is 3. The van der Waals surface area contributed by atoms with Crippen molar-refractivity contribution in [2.45, 2.75) is 59.2 Å². The van der Waals surface area contributed by atoms with Crippen LogP contribution >= 0.6 is 34.4 Å². The van der Waals surface area contributed by atoms with Crippen molar-refractivity contribution in [3.8, 4) is 11.4 Å². The number of ether oxygens (including phenoxy) is 2. The molecule has 0 bridgehead atoms. The van der Waals surface area contributed by atoms with Gasteiger partial charge in [-0.3, -0.25) is 4.79 Å². The molecule has 0 spiro atoms. The topological polar surface area (TPSA) is 112 Å². The molecule has 1 N–H and O–H groups in total. The third kappa shape index (κ3) is 6.34. The van der Waals surface area contributed by atoms with Gasteiger partial charge in [0.25, 0.3) is 0 Å². The molecule has 36 heavy (non-hydrogen) atoms. The average Bonchev–Trinajstić information content (AvgIpc) is 3.55. The molecule has 0 fully saturated rings. The summed E-state index contributed by atoms with van der Waals surface area (Å²) in [6.45, 7) is 10.2. The molecule has 0 saturated carbocycles. The number of hydrogen-bond donors (Lipinski definition) is 1. The maximum absolute atomic E-state index is 12.8. The van der Waals surface area contributed by atoms with Crippen LogP contribution in [0, 0.1) is 6.92 Å². The van der Waals surface area contributed by atoms with Crippen LogP contribution in [0.25, 0.3) is 11.4 Å². The molecule has 0 aliphatic rings. The van der Waals surface area contributed by atoms with E-state index >= 15 is 0 Å². The summed E-state index contributed by atoms with van der Waals surface area (Å²) in [5.74, 6) is -0.652. The van der Waals surface area contributed by atoms with Gasteiger partial charge < -0.3 is 19.4 Å². The molecule has 0 aliphatic heterocycles. The van der Waals surface area contributed by atoms with Gasteiger partial charge in [-0.05, 0) is 45.7 Å². The minimum absolute atomic E-state index is 0.0524. The van der Waals surface area contributed by atoms with Crippen LogP contribution in [0.15, 0.2) is 16.6 Å². The van der Waals surface area contributed by atoms with Gasteiger partial charge in [-0.1, -0.05) is 25.1 Å². The molecule has 3 aromatic heterocycles. The number of nitrogens with one attached hydrogen (secondary N) is 1. The molecule has 0 unspecified atom stereocenters. The lowest BCUT2D eigenvalue weighted by Gasteiger charge is -2.08. The normalized spacial score (nSPS) is 10.9. The number of carbonyl (C=O) groups is 3. The number of hydrogen-bond acceptors (Lipinski definition) is 10. The number of amides is 1. The van der Waals surface area contributed by atoms with E-state index in [9.17, 15) is 14.4 Å². The predicted octanol–water partition coefficient (Wildman–Crippen LogP) is 5.43. The fourth-order valence-electron chi connectivity index (χ4n) is 3.50. The summed E-state index contributed by atoms with van der Waals surface area (Å²) in [6, 6.07) is 2.14. The van der Waals surface area contributed by atoms with E-state index in [-0.39, 0.29) is 40.3 Å². The van der Waals surface area contributed by atoms with Crippen molar-refractivity contribution in [3.05, 3.63) is 32.3 Å². The van der Waals surface area contributed by atoms with Crippen molar-refractivity contribution in [1.29, 1.82) is 0 Å². The monoisotopic (exact) mass is 550 g/mol. The van der Waals surface area contributed by atoms with E-state index in [1.807, 2.05) is 11.5 Å². The molecular formula is C24H30N4O5S3. The van der Waals surface area contributed by atoms with Gasteiger partial charge in [0.05, 0.1) is 24.5 Å². The van der Waals surface area contributed by atoms with E-state index in [2.05, 4.69) is 33.9 Å². The Hall–Kier alpha value is -2.70. The highest BCUT2D eigenvalue weighted by Crippen LogP contribution is 2.35. The van der Waals surface area contributed by atoms with Crippen LogP contribution < -0.4 is 5.32 Å². The lowest BCUT2D eigenvalue weighted by Crippen LogP contribution is -2.17. The lowest BCUT2D eigenvalue weighted by molar-refractivity contribution is -0.113. The third-order valence-electron chi connectivity index (χ3n) is 5.11. The van der Waals surface area contributed by atoms with E-state index in [0.717, 1.165) is 35.6 Å². The van der Waals surface area contributed by atoms with E-state index in [4.69, 9.17) is 9.47 Å². The van der Waals surface area contributed by atoms with Crippen LogP contribution in [0.1, 0.15) is 64.6 Å². The average molecular weight is 551 g/mol. The van der Waals surface area contributed by atoms with Crippen LogP contribution in [0.2, 0.25) is 0 Å². The Labute approximate surface area is 222 Å². The van der Waals surface area contributed by atoms with Crippen molar-refractivity contribution in [2.24, 2.45) is 0 Å². The predicted molar refractivity (Wildman–Crippen MR) is 143 cm³/mol. The Bertz CT molecular complexity index is 1230. The minimum atomic E-state index is -0.599. The molecule has 3 heterocycles. The third-order valence-corrected chi connectivity index (χ3v) is 8.26. The first-order chi connectivity index (χ1) is 17.3. The zero-order chi connectivity index (χ0) is 26.2. The summed E-state index contributed by atoms with van der Waals surface area (Å²) in [6.07, 6.45) is 2.11. The first-order valence-electron chi connectivity index (χ1n) is 11.8. The Morgan fingerprint density at radius 1 is 1.08 bits per heavy atom. The minimum Gasteiger partial charge on any atom is -0.462 e. The van der Waals surface area contributed by atoms with Gasteiger partial charge in [-0.2, -0.15) is 0 Å². The summed E-state index contributed by atoms with van der Waals surface area (Å²) in [5.41, 5.74) is 1.62. The maximum Gasteiger partial charge on any atom is 0.348 e. The van der Waals surface area contributed by atoms with Crippen LogP contribution in [0.5, 0.6) is 0 Å². The van der Waals surface area contributed by atoms with Gasteiger partial charge in [-0.15, -0.1) is 32.9 Å². The Morgan fingerprint density at radius 2 is 1.81 bits per heavy atom. The second-order valence-corrected chi connectivity index (χ2v) is 10.6. The molecule has 12 heteroatoms. The number of nitrogens with zero attached hydrogens (tertiary/aromatic N) is 3. The number of esters is 2. The Morgan fingerprint density at radius 3 is 2.47 bits per heavy atom. The van der Waals surface area contributed by atoms with Gasteiger partial charge in [-0.25, -0.2) is 9.59 Å². The first kappa shape index (κ1) is 27.9. The highest BCUT2D eigenvalue weighted by atomic mass is 32.2. The van der Waals surface area contributed by atoms with Crippen LogP contribution in [-0.2, 0) is 27.2 Å². The summed E-state index contributed by atoms with van der Waals surface area (Å²) in [7, 11) is 0. The van der Waals surface area contributed by atoms with E-state index in [1.165, 1.54) is 16.6 Å². The number of rotatable bonds is 12. The number of thiophene rings is 2. The summed E-state index contributed by atoms with van der Waals surface area (Å²) in [5, 5.41) is 14.4. The molecular weight excluding hydrogens is 520 g/mol. The van der Waals surface area contributed by atoms with Gasteiger partial charge in [0, 0.05) is 22.4 Å². The van der Waals surface area contributed by atoms with Gasteiger partial charge in [0.15, 0.2) is 11.0 Å². The standard InChI is InChI=1S/C24H30N4O5S3/c1-6-10-16-11-15(12-34-16)20-26-27-24(28(20)7-2)35-13-17(29)25-21-18(22(30)32-8-3)14(5)19(36-21)23(31)33-9-4/h11-12H,6-10,13H2,1-5H3,(H,25,29). The lowest BCUT2D eigenvalue weighted by atomic mass is 10.1. The molecule has 0 saturated heterocycles. The quantitative estimate of drug-likeness (QED) is 0.235.